The summed E-state index contributed by atoms with van der Waals surface area (Å²) in [6.45, 7) is 0.289. The number of carboxylic acid groups (broad SMARTS) is 1. The van der Waals surface area contributed by atoms with Crippen molar-refractivity contribution < 1.29 is 47.9 Å². The molecule has 0 bridgehead atoms. The zero-order valence-electron chi connectivity index (χ0n) is 16.2. The Morgan fingerprint density at radius 2 is 1.79 bits per heavy atom. The van der Waals surface area contributed by atoms with Crippen molar-refractivity contribution in [2.75, 3.05) is 6.54 Å². The van der Waals surface area contributed by atoms with Gasteiger partial charge in [-0.05, 0) is 58.4 Å². The van der Waals surface area contributed by atoms with Crippen molar-refractivity contribution >= 4 is 26.8 Å². The van der Waals surface area contributed by atoms with Crippen molar-refractivity contribution in [2.24, 2.45) is 0 Å². The second-order valence-corrected chi connectivity index (χ2v) is 8.95. The molecule has 0 spiro atoms. The van der Waals surface area contributed by atoms with Crippen LogP contribution in [0.2, 0.25) is 0 Å². The van der Waals surface area contributed by atoms with Crippen molar-refractivity contribution in [1.82, 2.24) is 4.72 Å². The first-order chi connectivity index (χ1) is 13.4. The minimum atomic E-state index is -3.62. The number of hydrogen-bond acceptors (Lipinski definition) is 4. The van der Waals surface area contributed by atoms with E-state index in [1.54, 1.807) is 24.3 Å². The van der Waals surface area contributed by atoms with E-state index in [-0.39, 0.29) is 53.3 Å². The average Bonchev–Trinajstić information content (AvgIpc) is 3.08. The third-order valence-electron chi connectivity index (χ3n) is 5.31. The van der Waals surface area contributed by atoms with Crippen molar-refractivity contribution in [3.63, 3.8) is 0 Å². The Labute approximate surface area is 192 Å². The van der Waals surface area contributed by atoms with Gasteiger partial charge in [-0.1, -0.05) is 48.5 Å². The van der Waals surface area contributed by atoms with Crippen LogP contribution in [0, 0.1) is 0 Å². The minimum absolute atomic E-state index is 0. The third-order valence-corrected chi connectivity index (χ3v) is 6.73. The summed E-state index contributed by atoms with van der Waals surface area (Å²) < 4.78 is 28.2. The van der Waals surface area contributed by atoms with Gasteiger partial charge in [0.05, 0.1) is 4.90 Å². The van der Waals surface area contributed by atoms with Gasteiger partial charge in [0.2, 0.25) is 10.0 Å². The first-order valence-electron chi connectivity index (χ1n) is 9.22. The number of aliphatic carboxylic acids is 1. The SMILES string of the molecule is O=C([O-])Cc1ccc2c(c1)C(CNS(=O)(=O)c1ccc3ccccc3c1)CC2.[Na+]. The molecule has 1 atom stereocenters. The number of hydrogen-bond donors (Lipinski definition) is 1. The number of aryl methyl sites for hydroxylation is 1. The van der Waals surface area contributed by atoms with Gasteiger partial charge in [-0.3, -0.25) is 0 Å². The first kappa shape index (κ1) is 22.0. The maximum absolute atomic E-state index is 12.8. The monoisotopic (exact) mass is 417 g/mol. The van der Waals surface area contributed by atoms with Crippen LogP contribution in [0.1, 0.15) is 29.0 Å². The van der Waals surface area contributed by atoms with Crippen molar-refractivity contribution in [3.05, 3.63) is 77.4 Å². The summed E-state index contributed by atoms with van der Waals surface area (Å²) in [5.74, 6) is -1.08. The summed E-state index contributed by atoms with van der Waals surface area (Å²) in [5.41, 5.74) is 2.86. The van der Waals surface area contributed by atoms with E-state index >= 15 is 0 Å². The van der Waals surface area contributed by atoms with Gasteiger partial charge in [0.25, 0.3) is 0 Å². The zero-order valence-corrected chi connectivity index (χ0v) is 19.0. The summed E-state index contributed by atoms with van der Waals surface area (Å²) in [6, 6.07) is 18.3. The topological polar surface area (TPSA) is 86.3 Å². The third kappa shape index (κ3) is 4.90. The standard InChI is InChI=1S/C22H21NO4S.Na/c24-22(25)12-15-5-6-17-7-8-19(21(17)11-15)14-23-28(26,27)20-10-9-16-3-1-2-4-18(16)13-20;/h1-6,9-11,13,19,23H,7-8,12,14H2,(H,24,25);/q;+1/p-1. The van der Waals surface area contributed by atoms with E-state index in [2.05, 4.69) is 4.72 Å². The van der Waals surface area contributed by atoms with Gasteiger partial charge < -0.3 is 9.90 Å². The molecule has 7 heteroatoms. The number of sulfonamides is 1. The Balaban J connectivity index is 0.00000240. The van der Waals surface area contributed by atoms with Gasteiger partial charge in [-0.15, -0.1) is 0 Å². The molecular weight excluding hydrogens is 397 g/mol. The largest absolute Gasteiger partial charge is 1.00 e. The fourth-order valence-corrected chi connectivity index (χ4v) is 4.97. The van der Waals surface area contributed by atoms with Crippen LogP contribution in [-0.4, -0.2) is 20.9 Å². The fourth-order valence-electron chi connectivity index (χ4n) is 3.85. The first-order valence-corrected chi connectivity index (χ1v) is 10.7. The molecular formula is C22H20NNaO4S. The normalized spacial score (nSPS) is 15.7. The number of carbonyl (C=O) groups excluding carboxylic acids is 1. The number of benzene rings is 3. The number of carboxylic acids is 1. The Morgan fingerprint density at radius 3 is 2.55 bits per heavy atom. The molecule has 3 aromatic carbocycles. The van der Waals surface area contributed by atoms with Crippen LogP contribution in [0.3, 0.4) is 0 Å². The molecule has 29 heavy (non-hydrogen) atoms. The van der Waals surface area contributed by atoms with E-state index in [1.807, 2.05) is 36.4 Å². The maximum atomic E-state index is 12.8. The molecule has 0 aliphatic heterocycles. The van der Waals surface area contributed by atoms with E-state index in [9.17, 15) is 18.3 Å². The molecule has 5 nitrogen and oxygen atoms in total. The number of rotatable bonds is 6. The Bertz CT molecular complexity index is 1160. The summed E-state index contributed by atoms with van der Waals surface area (Å²) in [6.07, 6.45) is 1.57. The van der Waals surface area contributed by atoms with E-state index < -0.39 is 16.0 Å². The maximum Gasteiger partial charge on any atom is 1.00 e. The summed E-state index contributed by atoms with van der Waals surface area (Å²) in [5, 5.41) is 12.7. The van der Waals surface area contributed by atoms with Gasteiger partial charge >= 0.3 is 29.6 Å². The molecule has 1 unspecified atom stereocenters. The summed E-state index contributed by atoms with van der Waals surface area (Å²) in [4.78, 5) is 11.1. The van der Waals surface area contributed by atoms with Crippen LogP contribution in [0.15, 0.2) is 65.6 Å². The zero-order chi connectivity index (χ0) is 19.7. The molecule has 0 aromatic heterocycles. The van der Waals surface area contributed by atoms with E-state index in [1.165, 1.54) is 0 Å². The average molecular weight is 417 g/mol. The fraction of sp³-hybridized carbons (Fsp3) is 0.227. The predicted octanol–water partition coefficient (Wildman–Crippen LogP) is -0.855. The molecule has 0 radical (unpaired) electrons. The van der Waals surface area contributed by atoms with Crippen LogP contribution in [-0.2, 0) is 27.7 Å². The molecule has 1 aliphatic carbocycles. The van der Waals surface area contributed by atoms with Gasteiger partial charge in [-0.25, -0.2) is 13.1 Å². The van der Waals surface area contributed by atoms with Crippen LogP contribution < -0.4 is 39.4 Å². The van der Waals surface area contributed by atoms with Crippen molar-refractivity contribution in [3.8, 4) is 0 Å². The number of fused-ring (bicyclic) bond motifs is 2. The van der Waals surface area contributed by atoms with Crippen molar-refractivity contribution in [2.45, 2.75) is 30.1 Å². The molecule has 1 N–H and O–H groups in total. The summed E-state index contributed by atoms with van der Waals surface area (Å²) in [7, 11) is -3.62. The number of nitrogens with one attached hydrogen (secondary N) is 1. The van der Waals surface area contributed by atoms with Crippen molar-refractivity contribution in [1.29, 1.82) is 0 Å². The van der Waals surface area contributed by atoms with Gasteiger partial charge in [0.1, 0.15) is 0 Å². The van der Waals surface area contributed by atoms with E-state index in [4.69, 9.17) is 0 Å². The Morgan fingerprint density at radius 1 is 1.03 bits per heavy atom. The molecule has 0 fully saturated rings. The molecule has 0 heterocycles. The van der Waals surface area contributed by atoms with Gasteiger partial charge in [-0.2, -0.15) is 0 Å². The summed E-state index contributed by atoms with van der Waals surface area (Å²) >= 11 is 0. The molecule has 144 valence electrons. The second kappa shape index (κ2) is 8.98. The van der Waals surface area contributed by atoms with Crippen LogP contribution in [0.4, 0.5) is 0 Å². The smallest absolute Gasteiger partial charge is 0.550 e. The van der Waals surface area contributed by atoms with E-state index in [0.717, 1.165) is 34.7 Å². The van der Waals surface area contributed by atoms with E-state index in [0.29, 0.717) is 5.56 Å². The van der Waals surface area contributed by atoms with Gasteiger partial charge in [0.15, 0.2) is 0 Å². The van der Waals surface area contributed by atoms with Gasteiger partial charge in [0, 0.05) is 18.9 Å². The van der Waals surface area contributed by atoms with Crippen LogP contribution in [0.5, 0.6) is 0 Å². The Kier molecular flexibility index (Phi) is 6.81. The second-order valence-electron chi connectivity index (χ2n) is 7.18. The molecule has 0 saturated carbocycles. The molecule has 1 aliphatic rings. The molecule has 3 aromatic rings. The predicted molar refractivity (Wildman–Crippen MR) is 105 cm³/mol. The minimum Gasteiger partial charge on any atom is -0.550 e. The number of carbonyl (C=O) groups is 1. The molecule has 0 amide bonds. The van der Waals surface area contributed by atoms with Crippen LogP contribution >= 0.6 is 0 Å². The Hall–Kier alpha value is -1.70. The molecule has 0 saturated heterocycles. The quantitative estimate of drug-likeness (QED) is 0.529. The van der Waals surface area contributed by atoms with Crippen LogP contribution in [0.25, 0.3) is 10.8 Å². The molecule has 4 rings (SSSR count).